The smallest absolute Gasteiger partial charge is 0.264 e. The minimum Gasteiger partial charge on any atom is -0.497 e. The van der Waals surface area contributed by atoms with Crippen molar-refractivity contribution in [2.24, 2.45) is 5.92 Å². The molecule has 1 spiro atoms. The summed E-state index contributed by atoms with van der Waals surface area (Å²) in [7, 11) is 1.19. The van der Waals surface area contributed by atoms with E-state index in [9.17, 15) is 14.7 Å². The summed E-state index contributed by atoms with van der Waals surface area (Å²) in [5, 5.41) is 13.3. The van der Waals surface area contributed by atoms with Crippen LogP contribution in [0.1, 0.15) is 29.3 Å². The zero-order valence-electron chi connectivity index (χ0n) is 25.1. The minimum absolute atomic E-state index is 0.0292. The number of methoxy groups -OCH3 is 1. The van der Waals surface area contributed by atoms with E-state index in [1.165, 1.54) is 5.19 Å². The van der Waals surface area contributed by atoms with Crippen molar-refractivity contribution in [1.29, 1.82) is 0 Å². The Morgan fingerprint density at radius 1 is 0.977 bits per heavy atom. The lowest BCUT2D eigenvalue weighted by Gasteiger charge is -2.37. The first kappa shape index (κ1) is 27.8. The van der Waals surface area contributed by atoms with Gasteiger partial charge in [0.25, 0.3) is 11.8 Å². The molecule has 0 radical (unpaired) electrons. The van der Waals surface area contributed by atoms with Crippen molar-refractivity contribution in [3.05, 3.63) is 90.0 Å². The summed E-state index contributed by atoms with van der Waals surface area (Å²) < 4.78 is 12.4. The molecule has 0 aromatic heterocycles. The molecule has 3 aliphatic rings. The Hall–Kier alpha value is -3.98. The maximum Gasteiger partial charge on any atom is 0.264 e. The molecule has 3 aliphatic heterocycles. The van der Waals surface area contributed by atoms with Crippen molar-refractivity contribution < 1.29 is 24.2 Å². The molecule has 7 rings (SSSR count). The van der Waals surface area contributed by atoms with E-state index >= 15 is 0 Å². The van der Waals surface area contributed by atoms with Crippen LogP contribution in [0.3, 0.4) is 0 Å². The summed E-state index contributed by atoms with van der Waals surface area (Å²) >= 11 is 0. The van der Waals surface area contributed by atoms with Crippen molar-refractivity contribution in [2.45, 2.75) is 43.7 Å². The second kappa shape index (κ2) is 9.77. The summed E-state index contributed by atoms with van der Waals surface area (Å²) in [6.45, 7) is 6.75. The zero-order chi connectivity index (χ0) is 30.3. The van der Waals surface area contributed by atoms with Gasteiger partial charge in [-0.3, -0.25) is 14.5 Å². The quantitative estimate of drug-likeness (QED) is 0.290. The number of amides is 2. The van der Waals surface area contributed by atoms with Gasteiger partial charge in [-0.25, -0.2) is 0 Å². The number of carbonyl (C=O) groups excluding carboxylic acids is 2. The number of hydrogen-bond acceptors (Lipinski definition) is 5. The van der Waals surface area contributed by atoms with Crippen molar-refractivity contribution >= 4 is 52.9 Å². The second-order valence-electron chi connectivity index (χ2n) is 12.6. The van der Waals surface area contributed by atoms with Gasteiger partial charge in [0.2, 0.25) is 0 Å². The summed E-state index contributed by atoms with van der Waals surface area (Å²) in [5.41, 5.74) is 2.63. The molecule has 0 aliphatic carbocycles. The molecule has 0 unspecified atom stereocenters. The van der Waals surface area contributed by atoms with Gasteiger partial charge in [0, 0.05) is 36.2 Å². The van der Waals surface area contributed by atoms with Crippen LogP contribution in [0.5, 0.6) is 5.75 Å². The molecular formula is C35H36N2O5Si. The number of carbonyl (C=O) groups is 2. The highest BCUT2D eigenvalue weighted by Crippen LogP contribution is 2.60. The Labute approximate surface area is 252 Å². The third-order valence-electron chi connectivity index (χ3n) is 10.2. The Kier molecular flexibility index (Phi) is 6.32. The van der Waals surface area contributed by atoms with Crippen LogP contribution in [-0.4, -0.2) is 51.9 Å². The van der Waals surface area contributed by atoms with Gasteiger partial charge in [0.05, 0.1) is 38.2 Å². The first-order chi connectivity index (χ1) is 20.6. The zero-order valence-corrected chi connectivity index (χ0v) is 26.1. The molecule has 7 nitrogen and oxygen atoms in total. The van der Waals surface area contributed by atoms with E-state index in [-0.39, 0.29) is 36.0 Å². The average molecular weight is 593 g/mol. The van der Waals surface area contributed by atoms with Gasteiger partial charge in [-0.05, 0) is 59.8 Å². The number of aliphatic hydroxyl groups is 1. The highest BCUT2D eigenvalue weighted by molar-refractivity contribution is 6.91. The van der Waals surface area contributed by atoms with E-state index in [0.29, 0.717) is 17.7 Å². The lowest BCUT2D eigenvalue weighted by Crippen LogP contribution is -2.51. The molecule has 2 amide bonds. The summed E-state index contributed by atoms with van der Waals surface area (Å²) in [4.78, 5) is 31.6. The molecule has 1 N–H and O–H groups in total. The van der Waals surface area contributed by atoms with E-state index in [0.717, 1.165) is 33.5 Å². The number of ether oxygens (including phenoxy) is 2. The second-order valence-corrected chi connectivity index (χ2v) is 17.2. The van der Waals surface area contributed by atoms with Crippen LogP contribution in [0.2, 0.25) is 18.6 Å². The highest BCUT2D eigenvalue weighted by Gasteiger charge is 2.65. The van der Waals surface area contributed by atoms with Crippen molar-refractivity contribution in [3.63, 3.8) is 0 Å². The number of nitrogens with zero attached hydrogens (tertiary/aromatic N) is 2. The molecular weight excluding hydrogens is 556 g/mol. The van der Waals surface area contributed by atoms with Crippen LogP contribution in [0.25, 0.3) is 10.8 Å². The Morgan fingerprint density at radius 3 is 2.40 bits per heavy atom. The summed E-state index contributed by atoms with van der Waals surface area (Å²) in [6.07, 6.45) is 0.138. The molecule has 8 heteroatoms. The first-order valence-electron chi connectivity index (χ1n) is 14.9. The fourth-order valence-electron chi connectivity index (χ4n) is 8.12. The van der Waals surface area contributed by atoms with Crippen molar-refractivity contribution in [2.75, 3.05) is 30.6 Å². The molecule has 0 bridgehead atoms. The fourth-order valence-corrected chi connectivity index (χ4v) is 12.2. The fraction of sp³-hybridized carbons (Fsp3) is 0.314. The van der Waals surface area contributed by atoms with E-state index in [2.05, 4.69) is 32.2 Å². The number of benzene rings is 4. The first-order valence-corrected chi connectivity index (χ1v) is 17.9. The van der Waals surface area contributed by atoms with E-state index in [4.69, 9.17) is 9.47 Å². The highest BCUT2D eigenvalue weighted by atomic mass is 28.3. The average Bonchev–Trinajstić information content (AvgIpc) is 3.56. The third kappa shape index (κ3) is 3.73. The molecule has 4 aromatic carbocycles. The van der Waals surface area contributed by atoms with Crippen LogP contribution >= 0.6 is 0 Å². The molecule has 1 saturated heterocycles. The number of hydrogen-bond donors (Lipinski definition) is 1. The van der Waals surface area contributed by atoms with Crippen molar-refractivity contribution in [3.8, 4) is 5.75 Å². The lowest BCUT2D eigenvalue weighted by molar-refractivity contribution is -0.145. The maximum atomic E-state index is 14.3. The number of aliphatic hydroxyl groups excluding tert-OH is 1. The van der Waals surface area contributed by atoms with Gasteiger partial charge in [-0.1, -0.05) is 61.6 Å². The topological polar surface area (TPSA) is 79.3 Å². The van der Waals surface area contributed by atoms with Crippen molar-refractivity contribution in [1.82, 2.24) is 0 Å². The lowest BCUT2D eigenvalue weighted by atomic mass is 9.82. The van der Waals surface area contributed by atoms with Crippen LogP contribution < -0.4 is 19.7 Å². The van der Waals surface area contributed by atoms with Gasteiger partial charge >= 0.3 is 0 Å². The molecule has 4 atom stereocenters. The summed E-state index contributed by atoms with van der Waals surface area (Å²) in [6, 6.07) is 25.9. The largest absolute Gasteiger partial charge is 0.497 e. The maximum absolute atomic E-state index is 14.3. The predicted octanol–water partition coefficient (Wildman–Crippen LogP) is 5.72. The Bertz CT molecular complexity index is 1780. The van der Waals surface area contributed by atoms with Gasteiger partial charge < -0.3 is 19.5 Å². The predicted molar refractivity (Wildman–Crippen MR) is 172 cm³/mol. The van der Waals surface area contributed by atoms with E-state index < -0.39 is 13.7 Å². The Morgan fingerprint density at radius 2 is 1.70 bits per heavy atom. The molecule has 0 saturated carbocycles. The van der Waals surface area contributed by atoms with Gasteiger partial charge in [-0.2, -0.15) is 0 Å². The molecule has 3 heterocycles. The number of fused-ring (bicyclic) bond motifs is 2. The Balaban J connectivity index is 1.35. The van der Waals surface area contributed by atoms with Gasteiger partial charge in [0.15, 0.2) is 5.60 Å². The SMILES string of the molecule is COc1ccc([Si](C)(C)[C@H]2[C@H](CCO)O[C@@]3(C(=O)N(C)c4ccc(N5C(=O)c6cccc7cccc5c67)cc43)[C@@H]2C)cc1. The van der Waals surface area contributed by atoms with Gasteiger partial charge in [0.1, 0.15) is 5.75 Å². The monoisotopic (exact) mass is 592 g/mol. The number of anilines is 3. The summed E-state index contributed by atoms with van der Waals surface area (Å²) in [5.74, 6) is 0.448. The number of rotatable bonds is 6. The normalized spacial score (nSPS) is 24.5. The minimum atomic E-state index is -2.26. The molecule has 43 heavy (non-hydrogen) atoms. The molecule has 4 aromatic rings. The van der Waals surface area contributed by atoms with Crippen LogP contribution in [0, 0.1) is 5.92 Å². The van der Waals surface area contributed by atoms with Crippen LogP contribution in [-0.2, 0) is 15.1 Å². The third-order valence-corrected chi connectivity index (χ3v) is 14.5. The van der Waals surface area contributed by atoms with Gasteiger partial charge in [-0.15, -0.1) is 0 Å². The standard InChI is InChI=1S/C35H36N2O5Si/c1-21-32(43(4,5)25-15-13-24(41-3)14-16-25)30(18-19-38)42-35(21)27-20-23(12-17-28(27)36(2)34(35)40)37-29-11-7-9-22-8-6-10-26(31(22)29)33(37)39/h6-17,20-21,30,32,38H,18-19H2,1-5H3/t21-,30+,32-,35+/m1/s1. The molecule has 220 valence electrons. The van der Waals surface area contributed by atoms with E-state index in [1.54, 1.807) is 24.0 Å². The van der Waals surface area contributed by atoms with E-state index in [1.807, 2.05) is 66.7 Å². The number of likely N-dealkylation sites (N-methyl/N-ethyl adjacent to an activating group) is 1. The molecule has 1 fully saturated rings. The van der Waals surface area contributed by atoms with Crippen LogP contribution in [0.4, 0.5) is 17.1 Å². The van der Waals surface area contributed by atoms with Crippen LogP contribution in [0.15, 0.2) is 78.9 Å².